The molecule has 0 saturated carbocycles. The van der Waals surface area contributed by atoms with E-state index in [-0.39, 0.29) is 11.7 Å². The van der Waals surface area contributed by atoms with Gasteiger partial charge in [-0.1, -0.05) is 18.6 Å². The van der Waals surface area contributed by atoms with Gasteiger partial charge in [-0.15, -0.1) is 0 Å². The molecule has 1 aromatic rings. The van der Waals surface area contributed by atoms with Gasteiger partial charge in [-0.05, 0) is 45.0 Å². The number of hydrogen-bond acceptors (Lipinski definition) is 3. The van der Waals surface area contributed by atoms with Crippen LogP contribution in [0.15, 0.2) is 24.3 Å². The summed E-state index contributed by atoms with van der Waals surface area (Å²) in [5, 5.41) is 0. The predicted octanol–water partition coefficient (Wildman–Crippen LogP) is 2.86. The summed E-state index contributed by atoms with van der Waals surface area (Å²) in [6.45, 7) is 4.69. The lowest BCUT2D eigenvalue weighted by molar-refractivity contribution is 0.0231. The van der Waals surface area contributed by atoms with Crippen molar-refractivity contribution in [3.63, 3.8) is 0 Å². The molecule has 1 saturated heterocycles. The molecule has 4 heteroatoms. The number of esters is 1. The largest absolute Gasteiger partial charge is 0.458 e. The minimum Gasteiger partial charge on any atom is -0.458 e. The Bertz CT molecular complexity index is 430. The Morgan fingerprint density at radius 2 is 2.00 bits per heavy atom. The van der Waals surface area contributed by atoms with Crippen LogP contribution in [0.2, 0.25) is 0 Å². The van der Waals surface area contributed by atoms with Gasteiger partial charge in [0.05, 0.1) is 5.56 Å². The fraction of sp³-hybridized carbons (Fsp3) is 0.533. The molecule has 0 radical (unpaired) electrons. The number of carbonyl (C=O) groups excluding carboxylic acids is 1. The Kier molecular flexibility index (Phi) is 4.91. The Labute approximate surface area is 113 Å². The van der Waals surface area contributed by atoms with E-state index in [9.17, 15) is 9.18 Å². The molecule has 1 fully saturated rings. The van der Waals surface area contributed by atoms with E-state index >= 15 is 0 Å². The lowest BCUT2D eigenvalue weighted by Crippen LogP contribution is -2.37. The van der Waals surface area contributed by atoms with Crippen LogP contribution < -0.4 is 0 Å². The van der Waals surface area contributed by atoms with Gasteiger partial charge >= 0.3 is 5.97 Å². The van der Waals surface area contributed by atoms with E-state index in [0.29, 0.717) is 0 Å². The molecule has 0 aliphatic carbocycles. The first-order valence-corrected chi connectivity index (χ1v) is 6.84. The van der Waals surface area contributed by atoms with Crippen molar-refractivity contribution in [1.82, 2.24) is 4.90 Å². The molecule has 0 bridgehead atoms. The summed E-state index contributed by atoms with van der Waals surface area (Å²) in [6.07, 6.45) is 3.46. The molecule has 0 N–H and O–H groups in total. The van der Waals surface area contributed by atoms with Crippen LogP contribution in [0, 0.1) is 5.82 Å². The highest BCUT2D eigenvalue weighted by Gasteiger charge is 2.18. The van der Waals surface area contributed by atoms with Crippen molar-refractivity contribution in [3.05, 3.63) is 35.6 Å². The van der Waals surface area contributed by atoms with Gasteiger partial charge < -0.3 is 4.74 Å². The first-order valence-electron chi connectivity index (χ1n) is 6.84. The van der Waals surface area contributed by atoms with Crippen molar-refractivity contribution in [2.45, 2.75) is 32.3 Å². The van der Waals surface area contributed by atoms with Crippen molar-refractivity contribution in [2.24, 2.45) is 0 Å². The quantitative estimate of drug-likeness (QED) is 0.784. The Balaban J connectivity index is 1.86. The van der Waals surface area contributed by atoms with Crippen molar-refractivity contribution in [1.29, 1.82) is 0 Å². The third-order valence-electron chi connectivity index (χ3n) is 3.37. The fourth-order valence-corrected chi connectivity index (χ4v) is 2.42. The number of benzene rings is 1. The first kappa shape index (κ1) is 14.0. The predicted molar refractivity (Wildman–Crippen MR) is 71.6 cm³/mol. The van der Waals surface area contributed by atoms with Gasteiger partial charge in [0, 0.05) is 6.54 Å². The molecule has 3 nitrogen and oxygen atoms in total. The minimum atomic E-state index is -0.581. The van der Waals surface area contributed by atoms with Gasteiger partial charge in [0.15, 0.2) is 0 Å². The number of halogens is 1. The monoisotopic (exact) mass is 265 g/mol. The Morgan fingerprint density at radius 1 is 1.32 bits per heavy atom. The molecule has 2 rings (SSSR count). The van der Waals surface area contributed by atoms with Crippen molar-refractivity contribution in [2.75, 3.05) is 19.6 Å². The molecule has 1 aliphatic heterocycles. The molecule has 1 atom stereocenters. The number of ether oxygens (including phenoxy) is 1. The maximum atomic E-state index is 13.4. The summed E-state index contributed by atoms with van der Waals surface area (Å²) < 4.78 is 18.7. The molecule has 104 valence electrons. The van der Waals surface area contributed by atoms with E-state index in [2.05, 4.69) is 4.90 Å². The van der Waals surface area contributed by atoms with Crippen LogP contribution in [0.4, 0.5) is 4.39 Å². The normalized spacial score (nSPS) is 18.0. The number of rotatable bonds is 4. The highest BCUT2D eigenvalue weighted by atomic mass is 19.1. The Morgan fingerprint density at radius 3 is 2.68 bits per heavy atom. The lowest BCUT2D eigenvalue weighted by atomic mass is 10.1. The zero-order valence-electron chi connectivity index (χ0n) is 11.3. The second-order valence-electron chi connectivity index (χ2n) is 5.06. The molecule has 0 amide bonds. The smallest absolute Gasteiger partial charge is 0.341 e. The molecule has 19 heavy (non-hydrogen) atoms. The molecule has 1 aliphatic rings. The highest BCUT2D eigenvalue weighted by molar-refractivity contribution is 5.89. The zero-order valence-corrected chi connectivity index (χ0v) is 11.3. The molecular weight excluding hydrogens is 245 g/mol. The summed E-state index contributed by atoms with van der Waals surface area (Å²) in [5.41, 5.74) is 0.00740. The molecule has 1 aromatic carbocycles. The number of likely N-dealkylation sites (tertiary alicyclic amines) is 1. The van der Waals surface area contributed by atoms with Crippen LogP contribution in [0.3, 0.4) is 0 Å². The second kappa shape index (κ2) is 6.66. The zero-order chi connectivity index (χ0) is 13.7. The molecule has 0 spiro atoms. The molecule has 1 heterocycles. The van der Waals surface area contributed by atoms with Gasteiger partial charge in [-0.25, -0.2) is 9.18 Å². The van der Waals surface area contributed by atoms with Crippen molar-refractivity contribution in [3.8, 4) is 0 Å². The van der Waals surface area contributed by atoms with Crippen LogP contribution >= 0.6 is 0 Å². The third kappa shape index (κ3) is 4.03. The van der Waals surface area contributed by atoms with E-state index in [0.717, 1.165) is 19.6 Å². The summed E-state index contributed by atoms with van der Waals surface area (Å²) in [7, 11) is 0. The number of hydrogen-bond donors (Lipinski definition) is 0. The maximum Gasteiger partial charge on any atom is 0.341 e. The topological polar surface area (TPSA) is 29.5 Å². The summed E-state index contributed by atoms with van der Waals surface area (Å²) in [6, 6.07) is 5.91. The number of nitrogens with zero attached hydrogens (tertiary/aromatic N) is 1. The lowest BCUT2D eigenvalue weighted by Gasteiger charge is -2.28. The summed E-state index contributed by atoms with van der Waals surface area (Å²) in [5.74, 6) is -1.11. The fourth-order valence-electron chi connectivity index (χ4n) is 2.42. The maximum absolute atomic E-state index is 13.4. The van der Waals surface area contributed by atoms with E-state index < -0.39 is 11.8 Å². The van der Waals surface area contributed by atoms with Crippen LogP contribution in [0.25, 0.3) is 0 Å². The first-order chi connectivity index (χ1) is 9.16. The van der Waals surface area contributed by atoms with Crippen molar-refractivity contribution >= 4 is 5.97 Å². The molecular formula is C15H20FNO2. The molecule has 0 aromatic heterocycles. The standard InChI is InChI=1S/C15H20FNO2/c1-12(11-17-9-5-2-6-10-17)19-15(18)13-7-3-4-8-14(13)16/h3-4,7-8,12H,2,5-6,9-11H2,1H3/t12-/m1/s1. The van der Waals surface area contributed by atoms with E-state index in [1.54, 1.807) is 12.1 Å². The van der Waals surface area contributed by atoms with Gasteiger partial charge in [0.1, 0.15) is 11.9 Å². The number of carbonyl (C=O) groups is 1. The van der Waals surface area contributed by atoms with Gasteiger partial charge in [0.2, 0.25) is 0 Å². The van der Waals surface area contributed by atoms with E-state index in [4.69, 9.17) is 4.74 Å². The van der Waals surface area contributed by atoms with Gasteiger partial charge in [-0.2, -0.15) is 0 Å². The second-order valence-corrected chi connectivity index (χ2v) is 5.06. The van der Waals surface area contributed by atoms with Crippen LogP contribution in [-0.4, -0.2) is 36.6 Å². The van der Waals surface area contributed by atoms with E-state index in [1.807, 2.05) is 6.92 Å². The van der Waals surface area contributed by atoms with Gasteiger partial charge in [0.25, 0.3) is 0 Å². The van der Waals surface area contributed by atoms with Crippen molar-refractivity contribution < 1.29 is 13.9 Å². The Hall–Kier alpha value is -1.42. The van der Waals surface area contributed by atoms with Crippen LogP contribution in [-0.2, 0) is 4.74 Å². The van der Waals surface area contributed by atoms with Crippen LogP contribution in [0.1, 0.15) is 36.5 Å². The van der Waals surface area contributed by atoms with E-state index in [1.165, 1.54) is 31.4 Å². The summed E-state index contributed by atoms with van der Waals surface area (Å²) in [4.78, 5) is 14.1. The SMILES string of the molecule is C[C@H](CN1CCCCC1)OC(=O)c1ccccc1F. The van der Waals surface area contributed by atoms with Crippen LogP contribution in [0.5, 0.6) is 0 Å². The average Bonchev–Trinajstić information content (AvgIpc) is 2.40. The average molecular weight is 265 g/mol. The third-order valence-corrected chi connectivity index (χ3v) is 3.37. The highest BCUT2D eigenvalue weighted by Crippen LogP contribution is 2.12. The number of piperidine rings is 1. The minimum absolute atomic E-state index is 0.00740. The molecule has 0 unspecified atom stereocenters. The summed E-state index contributed by atoms with van der Waals surface area (Å²) >= 11 is 0. The van der Waals surface area contributed by atoms with Gasteiger partial charge in [-0.3, -0.25) is 4.90 Å².